The summed E-state index contributed by atoms with van der Waals surface area (Å²) in [6.07, 6.45) is 2.57. The summed E-state index contributed by atoms with van der Waals surface area (Å²) >= 11 is 0. The minimum Gasteiger partial charge on any atom is -0.478 e. The number of aromatic carboxylic acids is 1. The Morgan fingerprint density at radius 3 is 2.42 bits per heavy atom. The highest BCUT2D eigenvalue weighted by molar-refractivity contribution is 5.88. The molecule has 0 radical (unpaired) electrons. The predicted octanol–water partition coefficient (Wildman–Crippen LogP) is 2.97. The number of amides is 1. The third kappa shape index (κ3) is 6.01. The number of nitro groups is 1. The van der Waals surface area contributed by atoms with Crippen LogP contribution in [0.15, 0.2) is 48.5 Å². The maximum absolute atomic E-state index is 11.9. The van der Waals surface area contributed by atoms with Crippen molar-refractivity contribution < 1.29 is 19.6 Å². The average molecular weight is 356 g/mol. The molecule has 0 bridgehead atoms. The van der Waals surface area contributed by atoms with Crippen LogP contribution in [0.5, 0.6) is 0 Å². The molecule has 2 aromatic carbocycles. The maximum atomic E-state index is 11.9. The van der Waals surface area contributed by atoms with Crippen molar-refractivity contribution in [3.63, 3.8) is 0 Å². The summed E-state index contributed by atoms with van der Waals surface area (Å²) in [6, 6.07) is 12.8. The summed E-state index contributed by atoms with van der Waals surface area (Å²) in [6.45, 7) is 0.532. The van der Waals surface area contributed by atoms with Crippen molar-refractivity contribution in [1.82, 2.24) is 5.32 Å². The number of carboxylic acid groups (broad SMARTS) is 1. The fourth-order valence-electron chi connectivity index (χ4n) is 2.53. The molecule has 7 nitrogen and oxygen atoms in total. The molecule has 136 valence electrons. The van der Waals surface area contributed by atoms with Gasteiger partial charge in [0, 0.05) is 18.7 Å². The number of aryl methyl sites for hydroxylation is 1. The van der Waals surface area contributed by atoms with E-state index < -0.39 is 10.9 Å². The molecule has 0 heterocycles. The smallest absolute Gasteiger partial charge is 0.335 e. The number of non-ortho nitro benzene ring substituents is 1. The number of nitro benzene ring substituents is 1. The Morgan fingerprint density at radius 2 is 1.77 bits per heavy atom. The summed E-state index contributed by atoms with van der Waals surface area (Å²) in [5.41, 5.74) is 1.92. The molecule has 2 N–H and O–H groups in total. The van der Waals surface area contributed by atoms with E-state index in [0.717, 1.165) is 24.8 Å². The van der Waals surface area contributed by atoms with Gasteiger partial charge in [0.15, 0.2) is 0 Å². The number of carbonyl (C=O) groups is 2. The Balaban J connectivity index is 1.68. The second kappa shape index (κ2) is 9.31. The number of unbranched alkanes of at least 4 members (excludes halogenated alkanes) is 1. The number of hydrogen-bond donors (Lipinski definition) is 2. The largest absolute Gasteiger partial charge is 0.478 e. The first kappa shape index (κ1) is 19.1. The lowest BCUT2D eigenvalue weighted by molar-refractivity contribution is -0.384. The molecule has 0 fully saturated rings. The van der Waals surface area contributed by atoms with Gasteiger partial charge in [0.25, 0.3) is 5.69 Å². The number of benzene rings is 2. The molecule has 26 heavy (non-hydrogen) atoms. The number of nitrogens with one attached hydrogen (secondary N) is 1. The Kier molecular flexibility index (Phi) is 6.84. The SMILES string of the molecule is O=C(Cc1cccc(C(=O)O)c1)NCCCCc1ccc([N+](=O)[O-])cc1. The number of rotatable bonds is 9. The normalized spacial score (nSPS) is 10.3. The lowest BCUT2D eigenvalue weighted by Crippen LogP contribution is -2.26. The van der Waals surface area contributed by atoms with E-state index in [0.29, 0.717) is 12.1 Å². The van der Waals surface area contributed by atoms with Crippen LogP contribution in [-0.2, 0) is 17.6 Å². The Labute approximate surface area is 150 Å². The fourth-order valence-corrected chi connectivity index (χ4v) is 2.53. The van der Waals surface area contributed by atoms with Crippen LogP contribution in [0.25, 0.3) is 0 Å². The molecule has 0 spiro atoms. The Morgan fingerprint density at radius 1 is 1.04 bits per heavy atom. The molecule has 0 atom stereocenters. The summed E-state index contributed by atoms with van der Waals surface area (Å²) in [4.78, 5) is 33.0. The first-order valence-electron chi connectivity index (χ1n) is 8.28. The average Bonchev–Trinajstić information content (AvgIpc) is 2.62. The van der Waals surface area contributed by atoms with Crippen molar-refractivity contribution in [1.29, 1.82) is 0 Å². The summed E-state index contributed by atoms with van der Waals surface area (Å²) in [7, 11) is 0. The van der Waals surface area contributed by atoms with Crippen molar-refractivity contribution in [2.45, 2.75) is 25.7 Å². The number of carbonyl (C=O) groups excluding carboxylic acids is 1. The molecular weight excluding hydrogens is 336 g/mol. The summed E-state index contributed by atoms with van der Waals surface area (Å²) in [5.74, 6) is -1.17. The zero-order chi connectivity index (χ0) is 18.9. The lowest BCUT2D eigenvalue weighted by Gasteiger charge is -2.06. The Bertz CT molecular complexity index is 787. The minimum atomic E-state index is -1.02. The van der Waals surface area contributed by atoms with Gasteiger partial charge in [-0.1, -0.05) is 24.3 Å². The summed E-state index contributed by atoms with van der Waals surface area (Å²) in [5, 5.41) is 22.4. The van der Waals surface area contributed by atoms with Gasteiger partial charge >= 0.3 is 5.97 Å². The second-order valence-electron chi connectivity index (χ2n) is 5.91. The van der Waals surface area contributed by atoms with Gasteiger partial charge in [-0.05, 0) is 42.5 Å². The van der Waals surface area contributed by atoms with Gasteiger partial charge in [-0.15, -0.1) is 0 Å². The van der Waals surface area contributed by atoms with Crippen LogP contribution in [0.4, 0.5) is 5.69 Å². The Hall–Kier alpha value is -3.22. The van der Waals surface area contributed by atoms with Gasteiger partial charge in [-0.3, -0.25) is 14.9 Å². The first-order chi connectivity index (χ1) is 12.5. The van der Waals surface area contributed by atoms with Crippen LogP contribution >= 0.6 is 0 Å². The van der Waals surface area contributed by atoms with Crippen molar-refractivity contribution in [3.8, 4) is 0 Å². The van der Waals surface area contributed by atoms with Crippen molar-refractivity contribution in [3.05, 3.63) is 75.3 Å². The van der Waals surface area contributed by atoms with Crippen LogP contribution in [0, 0.1) is 10.1 Å². The highest BCUT2D eigenvalue weighted by Crippen LogP contribution is 2.13. The zero-order valence-electron chi connectivity index (χ0n) is 14.2. The number of carboxylic acids is 1. The highest BCUT2D eigenvalue weighted by atomic mass is 16.6. The van der Waals surface area contributed by atoms with Gasteiger partial charge in [0.1, 0.15) is 0 Å². The fraction of sp³-hybridized carbons (Fsp3) is 0.263. The van der Waals surface area contributed by atoms with Gasteiger partial charge in [-0.2, -0.15) is 0 Å². The van der Waals surface area contributed by atoms with Gasteiger partial charge in [-0.25, -0.2) is 4.79 Å². The van der Waals surface area contributed by atoms with E-state index >= 15 is 0 Å². The topological polar surface area (TPSA) is 110 Å². The standard InChI is InChI=1S/C19H20N2O5/c22-18(13-15-5-3-6-16(12-15)19(23)24)20-11-2-1-4-14-7-9-17(10-8-14)21(25)26/h3,5-10,12H,1-2,4,11,13H2,(H,20,22)(H,23,24). The van der Waals surface area contributed by atoms with E-state index in [9.17, 15) is 19.7 Å². The molecule has 0 aromatic heterocycles. The van der Waals surface area contributed by atoms with Gasteiger partial charge < -0.3 is 10.4 Å². The van der Waals surface area contributed by atoms with Crippen LogP contribution in [0.1, 0.15) is 34.3 Å². The second-order valence-corrected chi connectivity index (χ2v) is 5.91. The molecule has 2 aromatic rings. The van der Waals surface area contributed by atoms with Crippen molar-refractivity contribution in [2.24, 2.45) is 0 Å². The molecule has 0 aliphatic rings. The van der Waals surface area contributed by atoms with Crippen LogP contribution in [0.3, 0.4) is 0 Å². The van der Waals surface area contributed by atoms with Crippen LogP contribution < -0.4 is 5.32 Å². The molecule has 0 aliphatic carbocycles. The van der Waals surface area contributed by atoms with Crippen molar-refractivity contribution >= 4 is 17.6 Å². The third-order valence-corrected chi connectivity index (χ3v) is 3.90. The lowest BCUT2D eigenvalue weighted by atomic mass is 10.1. The molecule has 1 amide bonds. The molecule has 0 unspecified atom stereocenters. The third-order valence-electron chi connectivity index (χ3n) is 3.90. The van der Waals surface area contributed by atoms with E-state index in [1.54, 1.807) is 24.3 Å². The van der Waals surface area contributed by atoms with E-state index in [-0.39, 0.29) is 23.6 Å². The number of nitrogens with zero attached hydrogens (tertiary/aromatic N) is 1. The van der Waals surface area contributed by atoms with E-state index in [2.05, 4.69) is 5.32 Å². The van der Waals surface area contributed by atoms with E-state index in [1.807, 2.05) is 0 Å². The molecule has 0 saturated carbocycles. The first-order valence-corrected chi connectivity index (χ1v) is 8.28. The molecule has 7 heteroatoms. The quantitative estimate of drug-likeness (QED) is 0.408. The summed E-state index contributed by atoms with van der Waals surface area (Å²) < 4.78 is 0. The van der Waals surface area contributed by atoms with Gasteiger partial charge in [0.05, 0.1) is 16.9 Å². The van der Waals surface area contributed by atoms with E-state index in [1.165, 1.54) is 24.3 Å². The van der Waals surface area contributed by atoms with Crippen molar-refractivity contribution in [2.75, 3.05) is 6.54 Å². The maximum Gasteiger partial charge on any atom is 0.335 e. The monoisotopic (exact) mass is 356 g/mol. The molecule has 2 rings (SSSR count). The highest BCUT2D eigenvalue weighted by Gasteiger charge is 2.07. The number of hydrogen-bond acceptors (Lipinski definition) is 4. The van der Waals surface area contributed by atoms with Gasteiger partial charge in [0.2, 0.25) is 5.91 Å². The zero-order valence-corrected chi connectivity index (χ0v) is 14.2. The van der Waals surface area contributed by atoms with E-state index in [4.69, 9.17) is 5.11 Å². The molecule has 0 aliphatic heterocycles. The predicted molar refractivity (Wildman–Crippen MR) is 96.1 cm³/mol. The molecular formula is C19H20N2O5. The van der Waals surface area contributed by atoms with Crippen LogP contribution in [-0.4, -0.2) is 28.5 Å². The molecule has 0 saturated heterocycles. The van der Waals surface area contributed by atoms with Crippen LogP contribution in [0.2, 0.25) is 0 Å². The minimum absolute atomic E-state index is 0.0768.